The molecule has 0 aliphatic rings. The summed E-state index contributed by atoms with van der Waals surface area (Å²) in [5.74, 6) is 0.132. The van der Waals surface area contributed by atoms with Gasteiger partial charge >= 0.3 is 0 Å². The fourth-order valence-corrected chi connectivity index (χ4v) is 2.51. The van der Waals surface area contributed by atoms with Gasteiger partial charge in [-0.25, -0.2) is 9.37 Å². The molecule has 4 heteroatoms. The SMILES string of the molecule is CC(C)c1nc2ccc(F)cn2c1I. The number of rotatable bonds is 1. The molecule has 0 aliphatic heterocycles. The van der Waals surface area contributed by atoms with Crippen LogP contribution in [-0.4, -0.2) is 9.38 Å². The number of imidazole rings is 1. The molecule has 0 radical (unpaired) electrons. The topological polar surface area (TPSA) is 17.3 Å². The lowest BCUT2D eigenvalue weighted by atomic mass is 10.2. The molecule has 0 aromatic carbocycles. The van der Waals surface area contributed by atoms with E-state index in [0.29, 0.717) is 5.92 Å². The first kappa shape index (κ1) is 9.89. The van der Waals surface area contributed by atoms with Crippen molar-refractivity contribution in [2.75, 3.05) is 0 Å². The van der Waals surface area contributed by atoms with Crippen LogP contribution in [0.25, 0.3) is 5.65 Å². The predicted molar refractivity (Wildman–Crippen MR) is 62.0 cm³/mol. The Labute approximate surface area is 95.3 Å². The summed E-state index contributed by atoms with van der Waals surface area (Å²) in [4.78, 5) is 4.44. The Hall–Kier alpha value is -0.650. The standard InChI is InChI=1S/C10H10FIN2/c1-6(2)9-10(12)14-5-7(11)3-4-8(14)13-9/h3-6H,1-2H3. The maximum absolute atomic E-state index is 13.0. The van der Waals surface area contributed by atoms with Crippen molar-refractivity contribution in [2.45, 2.75) is 19.8 Å². The van der Waals surface area contributed by atoms with E-state index in [2.05, 4.69) is 41.4 Å². The van der Waals surface area contributed by atoms with E-state index in [0.717, 1.165) is 15.0 Å². The minimum absolute atomic E-state index is 0.233. The van der Waals surface area contributed by atoms with Crippen LogP contribution in [0.3, 0.4) is 0 Å². The van der Waals surface area contributed by atoms with Crippen molar-refractivity contribution in [3.8, 4) is 0 Å². The number of pyridine rings is 1. The van der Waals surface area contributed by atoms with Crippen molar-refractivity contribution in [3.05, 3.63) is 33.5 Å². The van der Waals surface area contributed by atoms with Crippen LogP contribution in [0.1, 0.15) is 25.5 Å². The highest BCUT2D eigenvalue weighted by molar-refractivity contribution is 14.1. The molecular weight excluding hydrogens is 294 g/mol. The second kappa shape index (κ2) is 3.49. The normalized spacial score (nSPS) is 11.5. The van der Waals surface area contributed by atoms with Gasteiger partial charge in [0.1, 0.15) is 15.2 Å². The van der Waals surface area contributed by atoms with Crippen LogP contribution in [0.15, 0.2) is 18.3 Å². The molecule has 0 spiro atoms. The van der Waals surface area contributed by atoms with Gasteiger partial charge in [0, 0.05) is 6.20 Å². The van der Waals surface area contributed by atoms with Gasteiger partial charge in [-0.15, -0.1) is 0 Å². The maximum Gasteiger partial charge on any atom is 0.139 e. The Morgan fingerprint density at radius 2 is 2.14 bits per heavy atom. The first-order chi connectivity index (χ1) is 6.59. The summed E-state index contributed by atoms with van der Waals surface area (Å²) in [5.41, 5.74) is 1.83. The third kappa shape index (κ3) is 1.51. The summed E-state index contributed by atoms with van der Waals surface area (Å²) in [5, 5.41) is 0. The molecule has 0 unspecified atom stereocenters. The zero-order valence-corrected chi connectivity index (χ0v) is 10.1. The van der Waals surface area contributed by atoms with Crippen molar-refractivity contribution < 1.29 is 4.39 Å². The summed E-state index contributed by atoms with van der Waals surface area (Å²) in [6.45, 7) is 4.17. The maximum atomic E-state index is 13.0. The zero-order valence-electron chi connectivity index (χ0n) is 7.96. The molecule has 0 amide bonds. The van der Waals surface area contributed by atoms with E-state index in [1.165, 1.54) is 12.3 Å². The summed E-state index contributed by atoms with van der Waals surface area (Å²) in [6, 6.07) is 3.13. The van der Waals surface area contributed by atoms with Crippen molar-refractivity contribution in [3.63, 3.8) is 0 Å². The van der Waals surface area contributed by atoms with Crippen LogP contribution in [0.2, 0.25) is 0 Å². The lowest BCUT2D eigenvalue weighted by molar-refractivity contribution is 0.618. The Kier molecular flexibility index (Phi) is 2.47. The fourth-order valence-electron chi connectivity index (χ4n) is 1.38. The number of fused-ring (bicyclic) bond motifs is 1. The van der Waals surface area contributed by atoms with Gasteiger partial charge in [0.2, 0.25) is 0 Å². The second-order valence-corrected chi connectivity index (χ2v) is 4.54. The fraction of sp³-hybridized carbons (Fsp3) is 0.300. The van der Waals surface area contributed by atoms with Crippen LogP contribution in [-0.2, 0) is 0 Å². The lowest BCUT2D eigenvalue weighted by Crippen LogP contribution is -1.92. The molecular formula is C10H10FIN2. The van der Waals surface area contributed by atoms with Gasteiger partial charge in [0.15, 0.2) is 0 Å². The molecule has 2 aromatic heterocycles. The Bertz CT molecular complexity index is 476. The van der Waals surface area contributed by atoms with Crippen LogP contribution in [0.4, 0.5) is 4.39 Å². The molecule has 2 rings (SSSR count). The molecule has 2 aromatic rings. The first-order valence-electron chi connectivity index (χ1n) is 4.42. The molecule has 0 bridgehead atoms. The molecule has 74 valence electrons. The van der Waals surface area contributed by atoms with E-state index < -0.39 is 0 Å². The molecule has 0 fully saturated rings. The average Bonchev–Trinajstić information content (AvgIpc) is 2.44. The number of hydrogen-bond acceptors (Lipinski definition) is 1. The average molecular weight is 304 g/mol. The van der Waals surface area contributed by atoms with E-state index in [-0.39, 0.29) is 5.82 Å². The predicted octanol–water partition coefficient (Wildman–Crippen LogP) is 3.20. The van der Waals surface area contributed by atoms with E-state index in [9.17, 15) is 4.39 Å². The molecule has 0 saturated heterocycles. The summed E-state index contributed by atoms with van der Waals surface area (Å²) in [6.07, 6.45) is 1.47. The molecule has 2 nitrogen and oxygen atoms in total. The smallest absolute Gasteiger partial charge is 0.139 e. The van der Waals surface area contributed by atoms with E-state index in [1.54, 1.807) is 10.5 Å². The minimum Gasteiger partial charge on any atom is -0.292 e. The van der Waals surface area contributed by atoms with Gasteiger partial charge in [0.25, 0.3) is 0 Å². The molecule has 2 heterocycles. The number of nitrogens with zero attached hydrogens (tertiary/aromatic N) is 2. The summed E-state index contributed by atoms with van der Waals surface area (Å²) < 4.78 is 15.8. The highest BCUT2D eigenvalue weighted by Gasteiger charge is 2.12. The number of hydrogen-bond donors (Lipinski definition) is 0. The molecule has 0 N–H and O–H groups in total. The van der Waals surface area contributed by atoms with Gasteiger partial charge < -0.3 is 0 Å². The third-order valence-corrected chi connectivity index (χ3v) is 3.17. The van der Waals surface area contributed by atoms with Crippen molar-refractivity contribution in [2.24, 2.45) is 0 Å². The number of halogens is 2. The van der Waals surface area contributed by atoms with E-state index in [1.807, 2.05) is 0 Å². The van der Waals surface area contributed by atoms with Gasteiger partial charge in [0.05, 0.1) is 5.69 Å². The first-order valence-corrected chi connectivity index (χ1v) is 5.50. The van der Waals surface area contributed by atoms with Gasteiger partial charge in [-0.2, -0.15) is 0 Å². The quantitative estimate of drug-likeness (QED) is 0.740. The second-order valence-electron chi connectivity index (χ2n) is 3.52. The zero-order chi connectivity index (χ0) is 10.3. The highest BCUT2D eigenvalue weighted by atomic mass is 127. The minimum atomic E-state index is -0.233. The van der Waals surface area contributed by atoms with Crippen LogP contribution >= 0.6 is 22.6 Å². The molecule has 0 aliphatic carbocycles. The summed E-state index contributed by atoms with van der Waals surface area (Å²) >= 11 is 2.20. The van der Waals surface area contributed by atoms with E-state index >= 15 is 0 Å². The van der Waals surface area contributed by atoms with Crippen molar-refractivity contribution >= 4 is 28.2 Å². The van der Waals surface area contributed by atoms with Gasteiger partial charge in [-0.3, -0.25) is 4.40 Å². The molecule has 0 saturated carbocycles. The van der Waals surface area contributed by atoms with Crippen LogP contribution in [0.5, 0.6) is 0 Å². The van der Waals surface area contributed by atoms with Gasteiger partial charge in [-0.05, 0) is 40.6 Å². The Morgan fingerprint density at radius 3 is 2.79 bits per heavy atom. The Balaban J connectivity index is 2.74. The van der Waals surface area contributed by atoms with Crippen LogP contribution in [0, 0.1) is 9.52 Å². The van der Waals surface area contributed by atoms with Crippen molar-refractivity contribution in [1.82, 2.24) is 9.38 Å². The number of aromatic nitrogens is 2. The Morgan fingerprint density at radius 1 is 1.43 bits per heavy atom. The third-order valence-electron chi connectivity index (χ3n) is 2.10. The van der Waals surface area contributed by atoms with Crippen LogP contribution < -0.4 is 0 Å². The largest absolute Gasteiger partial charge is 0.292 e. The summed E-state index contributed by atoms with van der Waals surface area (Å²) in [7, 11) is 0. The lowest BCUT2D eigenvalue weighted by Gasteiger charge is -1.99. The van der Waals surface area contributed by atoms with Gasteiger partial charge in [-0.1, -0.05) is 13.8 Å². The monoisotopic (exact) mass is 304 g/mol. The molecule has 14 heavy (non-hydrogen) atoms. The molecule has 0 atom stereocenters. The highest BCUT2D eigenvalue weighted by Crippen LogP contribution is 2.22. The van der Waals surface area contributed by atoms with Crippen molar-refractivity contribution in [1.29, 1.82) is 0 Å². The van der Waals surface area contributed by atoms with E-state index in [4.69, 9.17) is 0 Å².